The van der Waals surface area contributed by atoms with Crippen LogP contribution >= 0.6 is 0 Å². The van der Waals surface area contributed by atoms with E-state index in [4.69, 9.17) is 9.47 Å². The summed E-state index contributed by atoms with van der Waals surface area (Å²) >= 11 is 0. The van der Waals surface area contributed by atoms with Gasteiger partial charge in [-0.05, 0) is 51.4 Å². The van der Waals surface area contributed by atoms with E-state index in [0.717, 1.165) is 44.9 Å². The molecule has 1 aliphatic rings. The van der Waals surface area contributed by atoms with Crippen LogP contribution in [0.25, 0.3) is 0 Å². The van der Waals surface area contributed by atoms with Crippen molar-refractivity contribution in [1.82, 2.24) is 5.32 Å². The SMILES string of the molecule is CCCCCCCCCCCCCCC/C=C\C/C=C\CCCCCCCCCCCCCCCCCCCC(=O)NC(COC1OC(CO)C(O)C(OS(=O)(=O)O)C1O)C(O)/C=C/CCCCCCCCCCCCCCCCCCCCCCCC. The number of allylic oxidation sites excluding steroid dienone is 5. The molecule has 6 N–H and O–H groups in total. The Bertz CT molecular complexity index is 1680. The van der Waals surface area contributed by atoms with E-state index in [2.05, 4.69) is 47.7 Å². The van der Waals surface area contributed by atoms with Crippen LogP contribution in [0.2, 0.25) is 0 Å². The van der Waals surface area contributed by atoms with Gasteiger partial charge in [-0.3, -0.25) is 9.35 Å². The predicted molar refractivity (Wildman–Crippen MR) is 370 cm³/mol. The van der Waals surface area contributed by atoms with Gasteiger partial charge in [-0.2, -0.15) is 8.42 Å². The van der Waals surface area contributed by atoms with E-state index in [-0.39, 0.29) is 18.9 Å². The highest BCUT2D eigenvalue weighted by Gasteiger charge is 2.48. The normalized spacial score (nSPS) is 18.2. The third kappa shape index (κ3) is 54.8. The van der Waals surface area contributed by atoms with Crippen LogP contribution in [0, 0.1) is 0 Å². The van der Waals surface area contributed by atoms with Gasteiger partial charge < -0.3 is 35.2 Å². The zero-order valence-electron chi connectivity index (χ0n) is 57.3. The molecule has 520 valence electrons. The minimum atomic E-state index is -5.10. The maximum Gasteiger partial charge on any atom is 0.397 e. The molecule has 0 aromatic rings. The Kier molecular flexibility index (Phi) is 61.4. The number of aliphatic hydroxyl groups is 4. The third-order valence-corrected chi connectivity index (χ3v) is 18.6. The van der Waals surface area contributed by atoms with Gasteiger partial charge in [-0.1, -0.05) is 359 Å². The molecule has 1 amide bonds. The Labute approximate surface area is 543 Å². The van der Waals surface area contributed by atoms with Crippen molar-refractivity contribution in [2.75, 3.05) is 13.2 Å². The number of rotatable bonds is 68. The maximum absolute atomic E-state index is 13.2. The molecule has 7 atom stereocenters. The highest BCUT2D eigenvalue weighted by Crippen LogP contribution is 2.27. The summed E-state index contributed by atoms with van der Waals surface area (Å²) < 4.78 is 48.1. The molecule has 0 aromatic carbocycles. The quantitative estimate of drug-likeness (QED) is 0.0193. The average Bonchev–Trinajstić information content (AvgIpc) is 1.15. The second kappa shape index (κ2) is 64.0. The predicted octanol–water partition coefficient (Wildman–Crippen LogP) is 20.4. The van der Waals surface area contributed by atoms with Crippen LogP contribution in [-0.2, 0) is 28.9 Å². The Morgan fingerprint density at radius 3 is 1.08 bits per heavy atom. The first-order valence-corrected chi connectivity index (χ1v) is 39.2. The van der Waals surface area contributed by atoms with E-state index < -0.39 is 59.9 Å². The van der Waals surface area contributed by atoms with Gasteiger partial charge >= 0.3 is 10.4 Å². The molecule has 0 bridgehead atoms. The van der Waals surface area contributed by atoms with Crippen LogP contribution in [0.5, 0.6) is 0 Å². The van der Waals surface area contributed by atoms with E-state index >= 15 is 0 Å². The molecular formula is C75H143NO11S. The molecule has 1 aliphatic heterocycles. The van der Waals surface area contributed by atoms with Crippen LogP contribution in [0.3, 0.4) is 0 Å². The van der Waals surface area contributed by atoms with Crippen molar-refractivity contribution in [2.45, 2.75) is 423 Å². The summed E-state index contributed by atoms with van der Waals surface area (Å²) in [4.78, 5) is 13.2. The van der Waals surface area contributed by atoms with Crippen molar-refractivity contribution in [3.05, 3.63) is 36.5 Å². The van der Waals surface area contributed by atoms with Crippen molar-refractivity contribution in [3.8, 4) is 0 Å². The summed E-state index contributed by atoms with van der Waals surface area (Å²) in [6, 6.07) is -0.946. The molecule has 0 aliphatic carbocycles. The summed E-state index contributed by atoms with van der Waals surface area (Å²) in [7, 11) is -5.10. The Balaban J connectivity index is 2.19. The molecule has 1 rings (SSSR count). The first kappa shape index (κ1) is 84.3. The zero-order chi connectivity index (χ0) is 63.9. The number of unbranched alkanes of at least 4 members (excludes halogenated alkanes) is 52. The minimum absolute atomic E-state index is 0.255. The van der Waals surface area contributed by atoms with E-state index in [0.29, 0.717) is 6.42 Å². The van der Waals surface area contributed by atoms with Gasteiger partial charge in [-0.25, -0.2) is 4.18 Å². The fraction of sp³-hybridized carbons (Fsp3) is 0.907. The van der Waals surface area contributed by atoms with Crippen molar-refractivity contribution >= 4 is 16.3 Å². The van der Waals surface area contributed by atoms with Crippen molar-refractivity contribution in [1.29, 1.82) is 0 Å². The lowest BCUT2D eigenvalue weighted by Gasteiger charge is -2.41. The molecular weight excluding hydrogens is 1120 g/mol. The number of carbonyl (C=O) groups is 1. The molecule has 0 aromatic heterocycles. The third-order valence-electron chi connectivity index (χ3n) is 18.2. The molecule has 12 nitrogen and oxygen atoms in total. The summed E-state index contributed by atoms with van der Waals surface area (Å²) in [6.45, 7) is 3.47. The molecule has 0 radical (unpaired) electrons. The monoisotopic (exact) mass is 1270 g/mol. The summed E-state index contributed by atoms with van der Waals surface area (Å²) in [5, 5.41) is 45.2. The smallest absolute Gasteiger partial charge is 0.394 e. The second-order valence-electron chi connectivity index (χ2n) is 26.6. The zero-order valence-corrected chi connectivity index (χ0v) is 58.1. The lowest BCUT2D eigenvalue weighted by molar-refractivity contribution is -0.298. The van der Waals surface area contributed by atoms with Gasteiger partial charge in [0.15, 0.2) is 6.29 Å². The number of carbonyl (C=O) groups excluding carboxylic acids is 1. The topological polar surface area (TPSA) is 192 Å². The minimum Gasteiger partial charge on any atom is -0.394 e. The number of amides is 1. The second-order valence-corrected chi connectivity index (χ2v) is 27.6. The maximum atomic E-state index is 13.2. The molecule has 1 saturated heterocycles. The largest absolute Gasteiger partial charge is 0.397 e. The molecule has 1 heterocycles. The van der Waals surface area contributed by atoms with Gasteiger partial charge in [0.05, 0.1) is 25.4 Å². The molecule has 13 heteroatoms. The van der Waals surface area contributed by atoms with E-state index in [1.165, 1.54) is 308 Å². The summed E-state index contributed by atoms with van der Waals surface area (Å²) in [6.07, 6.45) is 76.7. The number of hydrogen-bond acceptors (Lipinski definition) is 10. The number of aliphatic hydroxyl groups excluding tert-OH is 4. The molecule has 7 unspecified atom stereocenters. The fourth-order valence-electron chi connectivity index (χ4n) is 12.4. The standard InChI is InChI=1S/C75H143NO11S/c1-3-5-7-9-11-13-15-17-19-21-23-25-27-29-30-31-32-33-34-35-36-37-38-39-40-41-43-45-47-49-51-53-55-57-59-61-63-65-71(79)76-68(67-85-75-73(81)74(87-88(82,83)84)72(80)70(66-77)86-75)69(78)64-62-60-58-56-54-52-50-48-46-44-42-28-26-24-22-20-18-16-14-12-10-8-6-4-2/h30-31,33-34,62,64,68-70,72-75,77-78,80-81H,3-29,32,35-61,63,65-67H2,1-2H3,(H,76,79)(H,82,83,84)/b31-30-,34-33-,64-62+. The van der Waals surface area contributed by atoms with Gasteiger partial charge in [0, 0.05) is 6.42 Å². The molecule has 88 heavy (non-hydrogen) atoms. The van der Waals surface area contributed by atoms with Gasteiger partial charge in [0.2, 0.25) is 5.91 Å². The van der Waals surface area contributed by atoms with Crippen molar-refractivity contribution in [2.24, 2.45) is 0 Å². The van der Waals surface area contributed by atoms with Crippen LogP contribution < -0.4 is 5.32 Å². The van der Waals surface area contributed by atoms with E-state index in [9.17, 15) is 38.2 Å². The molecule has 0 saturated carbocycles. The Morgan fingerprint density at radius 1 is 0.455 bits per heavy atom. The number of ether oxygens (including phenoxy) is 2. The fourth-order valence-corrected chi connectivity index (χ4v) is 12.9. The summed E-state index contributed by atoms with van der Waals surface area (Å²) in [5.74, 6) is -0.255. The highest BCUT2D eigenvalue weighted by atomic mass is 32.3. The first-order chi connectivity index (χ1) is 43.0. The van der Waals surface area contributed by atoms with Gasteiger partial charge in [0.1, 0.15) is 24.4 Å². The number of nitrogens with one attached hydrogen (secondary N) is 1. The van der Waals surface area contributed by atoms with Crippen LogP contribution in [0.15, 0.2) is 36.5 Å². The lowest BCUT2D eigenvalue weighted by atomic mass is 9.99. The first-order valence-electron chi connectivity index (χ1n) is 37.9. The molecule has 1 fully saturated rings. The van der Waals surface area contributed by atoms with E-state index in [1.807, 2.05) is 6.08 Å². The van der Waals surface area contributed by atoms with Gasteiger partial charge in [0.25, 0.3) is 0 Å². The van der Waals surface area contributed by atoms with Crippen LogP contribution in [0.1, 0.15) is 380 Å². The van der Waals surface area contributed by atoms with Crippen LogP contribution in [-0.4, -0.2) is 95.4 Å². The van der Waals surface area contributed by atoms with Crippen molar-refractivity contribution in [3.63, 3.8) is 0 Å². The Morgan fingerprint density at radius 2 is 0.761 bits per heavy atom. The average molecular weight is 1270 g/mol. The number of hydrogen-bond donors (Lipinski definition) is 6. The highest BCUT2D eigenvalue weighted by molar-refractivity contribution is 7.80. The van der Waals surface area contributed by atoms with Crippen molar-refractivity contribution < 1.29 is 51.8 Å². The molecule has 0 spiro atoms. The lowest BCUT2D eigenvalue weighted by Crippen LogP contribution is -2.61. The Hall–Kier alpha value is -1.68. The van der Waals surface area contributed by atoms with E-state index in [1.54, 1.807) is 6.08 Å². The van der Waals surface area contributed by atoms with Gasteiger partial charge in [-0.15, -0.1) is 0 Å². The summed E-state index contributed by atoms with van der Waals surface area (Å²) in [5.41, 5.74) is 0. The van der Waals surface area contributed by atoms with Crippen LogP contribution in [0.4, 0.5) is 0 Å².